The number of nitrogens with zero attached hydrogens (tertiary/aromatic N) is 1. The number of hydrogen-bond donors (Lipinski definition) is 4. The number of carboxylic acid groups (broad SMARTS) is 1. The molecule has 2 atom stereocenters. The van der Waals surface area contributed by atoms with Crippen molar-refractivity contribution in [3.63, 3.8) is 0 Å². The van der Waals surface area contributed by atoms with Gasteiger partial charge in [0.2, 0.25) is 0 Å². The molecule has 0 spiro atoms. The van der Waals surface area contributed by atoms with Gasteiger partial charge in [-0.3, -0.25) is 9.69 Å². The molecule has 1 fully saturated rings. The van der Waals surface area contributed by atoms with E-state index >= 15 is 0 Å². The van der Waals surface area contributed by atoms with Gasteiger partial charge in [-0.15, -0.1) is 0 Å². The van der Waals surface area contributed by atoms with Crippen LogP contribution in [-0.4, -0.2) is 51.8 Å². The van der Waals surface area contributed by atoms with Crippen LogP contribution in [0.25, 0.3) is 0 Å². The van der Waals surface area contributed by atoms with E-state index in [4.69, 9.17) is 15.8 Å². The number of likely N-dealkylation sites (tertiary alicyclic amines) is 1. The third-order valence-electron chi connectivity index (χ3n) is 6.15. The maximum Gasteiger partial charge on any atom is 0.451 e. The Morgan fingerprint density at radius 1 is 1.25 bits per heavy atom. The van der Waals surface area contributed by atoms with Crippen molar-refractivity contribution in [2.75, 3.05) is 13.1 Å². The normalized spacial score (nSPS) is 19.1. The highest BCUT2D eigenvalue weighted by atomic mass is 16.4. The second-order valence-electron chi connectivity index (χ2n) is 8.10. The van der Waals surface area contributed by atoms with Gasteiger partial charge in [-0.1, -0.05) is 56.5 Å². The molecule has 1 heterocycles. The number of rotatable bonds is 11. The highest BCUT2D eigenvalue weighted by Gasteiger charge is 2.43. The van der Waals surface area contributed by atoms with E-state index in [-0.39, 0.29) is 12.2 Å². The van der Waals surface area contributed by atoms with Crippen molar-refractivity contribution in [3.8, 4) is 0 Å². The molecule has 1 aliphatic heterocycles. The van der Waals surface area contributed by atoms with E-state index in [1.165, 1.54) is 5.56 Å². The number of hydrogen-bond acceptors (Lipinski definition) is 5. The van der Waals surface area contributed by atoms with Gasteiger partial charge < -0.3 is 20.9 Å². The van der Waals surface area contributed by atoms with Crippen LogP contribution >= 0.6 is 0 Å². The summed E-state index contributed by atoms with van der Waals surface area (Å²) < 4.78 is 0. The number of piperidine rings is 1. The Hall–Kier alpha value is -1.41. The molecule has 2 rings (SSSR count). The fourth-order valence-electron chi connectivity index (χ4n) is 4.47. The van der Waals surface area contributed by atoms with Crippen molar-refractivity contribution in [2.45, 2.75) is 69.8 Å². The molecule has 1 aromatic carbocycles. The molecule has 0 aromatic heterocycles. The fraction of sp³-hybridized carbons (Fsp3) is 0.667. The summed E-state index contributed by atoms with van der Waals surface area (Å²) in [5.41, 5.74) is 6.47. The largest absolute Gasteiger partial charge is 0.480 e. The number of carboxylic acids is 1. The summed E-state index contributed by atoms with van der Waals surface area (Å²) in [6.45, 7) is 3.90. The van der Waals surface area contributed by atoms with Gasteiger partial charge in [0, 0.05) is 6.04 Å². The standard InChI is InChI=1S/C21H35BN2O4/c1-2-8-19(17-9-4-3-5-10-17)24-15-11-18(12-16-24)21(23,20(25)26)13-6-7-14-22(27)28/h3-5,9-10,18-19,27-28H,2,6-8,11-16,23H2,1H3,(H,25,26)/t19?,21-/m0/s1. The highest BCUT2D eigenvalue weighted by molar-refractivity contribution is 6.40. The van der Waals surface area contributed by atoms with Gasteiger partial charge in [0.05, 0.1) is 0 Å². The molecule has 28 heavy (non-hydrogen) atoms. The van der Waals surface area contributed by atoms with Crippen LogP contribution in [0.4, 0.5) is 0 Å². The summed E-state index contributed by atoms with van der Waals surface area (Å²) >= 11 is 0. The van der Waals surface area contributed by atoms with Crippen LogP contribution in [-0.2, 0) is 4.79 Å². The average Bonchev–Trinajstić information content (AvgIpc) is 2.70. The zero-order valence-corrected chi connectivity index (χ0v) is 17.0. The molecular weight excluding hydrogens is 355 g/mol. The number of unbranched alkanes of at least 4 members (excludes halogenated alkanes) is 1. The average molecular weight is 390 g/mol. The van der Waals surface area contributed by atoms with Gasteiger partial charge in [0.25, 0.3) is 0 Å². The van der Waals surface area contributed by atoms with E-state index in [1.54, 1.807) is 0 Å². The van der Waals surface area contributed by atoms with Gasteiger partial charge >= 0.3 is 13.1 Å². The number of benzene rings is 1. The van der Waals surface area contributed by atoms with Gasteiger partial charge in [-0.2, -0.15) is 0 Å². The summed E-state index contributed by atoms with van der Waals surface area (Å²) in [5, 5.41) is 27.7. The molecule has 6 nitrogen and oxygen atoms in total. The molecule has 0 saturated carbocycles. The lowest BCUT2D eigenvalue weighted by atomic mass is 9.74. The molecule has 0 amide bonds. The monoisotopic (exact) mass is 390 g/mol. The SMILES string of the molecule is CCCC(c1ccccc1)N1CCC([C@@](N)(CCCCB(O)O)C(=O)O)CC1. The summed E-state index contributed by atoms with van der Waals surface area (Å²) in [6.07, 6.45) is 5.52. The molecule has 1 aromatic rings. The van der Waals surface area contributed by atoms with Crippen LogP contribution in [0, 0.1) is 5.92 Å². The van der Waals surface area contributed by atoms with Crippen molar-refractivity contribution >= 4 is 13.1 Å². The molecule has 1 aliphatic rings. The van der Waals surface area contributed by atoms with Gasteiger partial charge in [0.15, 0.2) is 0 Å². The van der Waals surface area contributed by atoms with E-state index in [2.05, 4.69) is 36.1 Å². The van der Waals surface area contributed by atoms with Crippen molar-refractivity contribution < 1.29 is 19.9 Å². The number of carbonyl (C=O) groups is 1. The minimum Gasteiger partial charge on any atom is -0.480 e. The first kappa shape index (κ1) is 22.9. The molecule has 0 radical (unpaired) electrons. The van der Waals surface area contributed by atoms with Crippen molar-refractivity contribution in [3.05, 3.63) is 35.9 Å². The Balaban J connectivity index is 1.98. The fourth-order valence-corrected chi connectivity index (χ4v) is 4.47. The smallest absolute Gasteiger partial charge is 0.451 e. The molecule has 1 saturated heterocycles. The first-order valence-electron chi connectivity index (χ1n) is 10.6. The predicted octanol–water partition coefficient (Wildman–Crippen LogP) is 2.67. The zero-order chi connectivity index (χ0) is 20.6. The first-order chi connectivity index (χ1) is 13.4. The van der Waals surface area contributed by atoms with Crippen molar-refractivity contribution in [1.29, 1.82) is 0 Å². The predicted molar refractivity (Wildman–Crippen MR) is 112 cm³/mol. The lowest BCUT2D eigenvalue weighted by molar-refractivity contribution is -0.147. The van der Waals surface area contributed by atoms with Crippen LogP contribution < -0.4 is 5.73 Å². The molecule has 7 heteroatoms. The quantitative estimate of drug-likeness (QED) is 0.342. The minimum absolute atomic E-state index is 0.0571. The molecule has 1 unspecified atom stereocenters. The second-order valence-corrected chi connectivity index (χ2v) is 8.10. The summed E-state index contributed by atoms with van der Waals surface area (Å²) in [7, 11) is -1.34. The highest BCUT2D eigenvalue weighted by Crippen LogP contribution is 2.35. The Bertz CT molecular complexity index is 593. The zero-order valence-electron chi connectivity index (χ0n) is 17.0. The molecular formula is C21H35BN2O4. The van der Waals surface area contributed by atoms with E-state index < -0.39 is 18.6 Å². The van der Waals surface area contributed by atoms with E-state index in [1.807, 2.05) is 6.07 Å². The van der Waals surface area contributed by atoms with Gasteiger partial charge in [-0.05, 0) is 56.6 Å². The molecule has 156 valence electrons. The Kier molecular flexibility index (Phi) is 8.95. The van der Waals surface area contributed by atoms with Crippen molar-refractivity contribution in [2.24, 2.45) is 11.7 Å². The van der Waals surface area contributed by atoms with Crippen LogP contribution in [0.2, 0.25) is 6.32 Å². The Labute approximate surface area is 168 Å². The molecule has 0 aliphatic carbocycles. The maximum absolute atomic E-state index is 12.0. The summed E-state index contributed by atoms with van der Waals surface area (Å²) in [4.78, 5) is 14.4. The van der Waals surface area contributed by atoms with Crippen LogP contribution in [0.15, 0.2) is 30.3 Å². The number of aliphatic carboxylic acids is 1. The summed E-state index contributed by atoms with van der Waals surface area (Å²) in [6, 6.07) is 10.9. The Morgan fingerprint density at radius 2 is 1.89 bits per heavy atom. The van der Waals surface area contributed by atoms with Crippen LogP contribution in [0.1, 0.15) is 63.5 Å². The number of nitrogens with two attached hydrogens (primary N) is 1. The topological polar surface area (TPSA) is 107 Å². The van der Waals surface area contributed by atoms with E-state index in [0.29, 0.717) is 25.3 Å². The van der Waals surface area contributed by atoms with Gasteiger partial charge in [-0.25, -0.2) is 0 Å². The van der Waals surface area contributed by atoms with Crippen molar-refractivity contribution in [1.82, 2.24) is 4.90 Å². The maximum atomic E-state index is 12.0. The van der Waals surface area contributed by atoms with E-state index in [0.717, 1.165) is 38.8 Å². The lowest BCUT2D eigenvalue weighted by Crippen LogP contribution is -2.57. The summed E-state index contributed by atoms with van der Waals surface area (Å²) in [5.74, 6) is -0.998. The minimum atomic E-state index is -1.34. The molecule has 5 N–H and O–H groups in total. The van der Waals surface area contributed by atoms with E-state index in [9.17, 15) is 9.90 Å². The third-order valence-corrected chi connectivity index (χ3v) is 6.15. The Morgan fingerprint density at radius 3 is 2.43 bits per heavy atom. The molecule has 0 bridgehead atoms. The van der Waals surface area contributed by atoms with Gasteiger partial charge in [0.1, 0.15) is 5.54 Å². The third kappa shape index (κ3) is 6.04. The second kappa shape index (κ2) is 11.0. The first-order valence-corrected chi connectivity index (χ1v) is 10.6. The van der Waals surface area contributed by atoms with Crippen LogP contribution in [0.5, 0.6) is 0 Å². The lowest BCUT2D eigenvalue weighted by Gasteiger charge is -2.43. The van der Waals surface area contributed by atoms with Crippen LogP contribution in [0.3, 0.4) is 0 Å².